The van der Waals surface area contributed by atoms with E-state index in [1.807, 2.05) is 0 Å². The van der Waals surface area contributed by atoms with Crippen LogP contribution in [0.2, 0.25) is 5.02 Å². The van der Waals surface area contributed by atoms with Crippen molar-refractivity contribution in [3.63, 3.8) is 0 Å². The number of nitrogens with one attached hydrogen (secondary N) is 1. The maximum absolute atomic E-state index is 11.5. The van der Waals surface area contributed by atoms with Gasteiger partial charge in [0.15, 0.2) is 0 Å². The normalized spacial score (nSPS) is 13.8. The number of hydrogen-bond donors (Lipinski definition) is 8. The van der Waals surface area contributed by atoms with Gasteiger partial charge in [-0.25, -0.2) is 9.03 Å². The lowest BCUT2D eigenvalue weighted by Gasteiger charge is -2.22. The molecule has 224 valence electrons. The average Bonchev–Trinajstić information content (AvgIpc) is 3.48. The molecule has 4 atom stereocenters. The van der Waals surface area contributed by atoms with Gasteiger partial charge in [0.05, 0.1) is 82.8 Å². The smallest absolute Gasteiger partial charge is 0.252 e. The minimum atomic E-state index is -0.799. The van der Waals surface area contributed by atoms with Gasteiger partial charge in [-0.15, -0.1) is 0 Å². The summed E-state index contributed by atoms with van der Waals surface area (Å²) in [7, 11) is 0. The van der Waals surface area contributed by atoms with Gasteiger partial charge in [-0.2, -0.15) is 10.2 Å². The van der Waals surface area contributed by atoms with Crippen LogP contribution in [0.4, 0.5) is 5.69 Å². The molecule has 4 heterocycles. The van der Waals surface area contributed by atoms with Crippen LogP contribution in [0, 0.1) is 0 Å². The molecule has 0 spiro atoms. The molecule has 0 aliphatic heterocycles. The van der Waals surface area contributed by atoms with Gasteiger partial charge < -0.3 is 42.9 Å². The number of halogens is 3. The summed E-state index contributed by atoms with van der Waals surface area (Å²) in [5, 5.41) is 47.0. The third-order valence-corrected chi connectivity index (χ3v) is 6.88. The first-order chi connectivity index (χ1) is 19.2. The topological polar surface area (TPSA) is 240 Å². The van der Waals surface area contributed by atoms with E-state index in [0.717, 1.165) is 8.95 Å². The highest BCUT2D eigenvalue weighted by molar-refractivity contribution is 9.10. The van der Waals surface area contributed by atoms with Crippen LogP contribution in [0.25, 0.3) is 11.0 Å². The zero-order chi connectivity index (χ0) is 31.0. The lowest BCUT2D eigenvalue weighted by atomic mass is 10.1. The number of nitrogens with zero attached hydrogens (tertiary/aromatic N) is 4. The Kier molecular flexibility index (Phi) is 12.9. The van der Waals surface area contributed by atoms with Crippen LogP contribution >= 0.6 is 43.5 Å². The minimum Gasteiger partial charge on any atom is -0.395 e. The van der Waals surface area contributed by atoms with E-state index in [0.29, 0.717) is 21.7 Å². The number of fused-ring (bicyclic) bond motifs is 2. The summed E-state index contributed by atoms with van der Waals surface area (Å²) in [6.07, 6.45) is 4.76. The summed E-state index contributed by atoms with van der Waals surface area (Å²) >= 11 is 12.6. The molecule has 0 aromatic carbocycles. The van der Waals surface area contributed by atoms with Gasteiger partial charge in [0.2, 0.25) is 0 Å². The van der Waals surface area contributed by atoms with Crippen molar-refractivity contribution in [2.24, 2.45) is 17.2 Å². The van der Waals surface area contributed by atoms with Crippen molar-refractivity contribution in [2.75, 3.05) is 18.5 Å². The number of aromatic nitrogens is 4. The van der Waals surface area contributed by atoms with Crippen LogP contribution in [0.1, 0.15) is 34.6 Å². The van der Waals surface area contributed by atoms with Crippen LogP contribution in [0.15, 0.2) is 45.9 Å². The standard InChI is InChI=1S/C12H15BrN4O3.C8H5BrClN3O.C4H11NO2/c1-6(19)9(5-18)16-11-8(12(14)20)3-15-17-4-7(13)2-10(11)17;9-4-1-6-7(10)5(8(11)14)2-12-13(6)3-4;1-3(7)4(5)2-6/h2-4,6,9,16,18-19H,5H2,1H3,(H2,14,20);1-3H,(H2,11,14);3-4,6-7H,2,5H2,1H3/t6-,9-;;3-,4-/m1.1/s1. The van der Waals surface area contributed by atoms with E-state index in [1.54, 1.807) is 47.4 Å². The second-order valence-electron chi connectivity index (χ2n) is 8.77. The van der Waals surface area contributed by atoms with E-state index in [9.17, 15) is 19.8 Å². The van der Waals surface area contributed by atoms with Crippen molar-refractivity contribution in [1.29, 1.82) is 0 Å². The summed E-state index contributed by atoms with van der Waals surface area (Å²) in [5.74, 6) is -1.22. The average molecular weight is 723 g/mol. The van der Waals surface area contributed by atoms with E-state index in [-0.39, 0.29) is 24.3 Å². The highest BCUT2D eigenvalue weighted by Gasteiger charge is 2.20. The fraction of sp³-hybridized carbons (Fsp3) is 0.333. The summed E-state index contributed by atoms with van der Waals surface area (Å²) in [6.45, 7) is 2.65. The van der Waals surface area contributed by atoms with E-state index < -0.39 is 36.1 Å². The molecule has 17 heteroatoms. The molecule has 0 aliphatic carbocycles. The second-order valence-corrected chi connectivity index (χ2v) is 11.0. The predicted octanol–water partition coefficient (Wildman–Crippen LogP) is 0.885. The lowest BCUT2D eigenvalue weighted by molar-refractivity contribution is 0.0991. The van der Waals surface area contributed by atoms with E-state index in [1.165, 1.54) is 12.4 Å². The molecule has 0 fully saturated rings. The first-order valence-electron chi connectivity index (χ1n) is 11.9. The van der Waals surface area contributed by atoms with Gasteiger partial charge in [-0.1, -0.05) is 11.6 Å². The van der Waals surface area contributed by atoms with Crippen molar-refractivity contribution in [1.82, 2.24) is 19.2 Å². The number of carbonyl (C=O) groups is 2. The van der Waals surface area contributed by atoms with E-state index >= 15 is 0 Å². The Hall–Kier alpha value is -2.83. The first kappa shape index (κ1) is 34.4. The summed E-state index contributed by atoms with van der Waals surface area (Å²) < 4.78 is 4.76. The van der Waals surface area contributed by atoms with Crippen molar-refractivity contribution in [3.05, 3.63) is 62.0 Å². The van der Waals surface area contributed by atoms with Crippen LogP contribution in [0.5, 0.6) is 0 Å². The van der Waals surface area contributed by atoms with E-state index in [2.05, 4.69) is 47.4 Å². The highest BCUT2D eigenvalue weighted by atomic mass is 79.9. The van der Waals surface area contributed by atoms with Crippen LogP contribution in [-0.4, -0.2) is 89.0 Å². The van der Waals surface area contributed by atoms with Crippen molar-refractivity contribution in [3.8, 4) is 0 Å². The number of carbonyl (C=O) groups excluding carboxylic acids is 2. The summed E-state index contributed by atoms with van der Waals surface area (Å²) in [4.78, 5) is 22.5. The number of aliphatic hydroxyl groups excluding tert-OH is 4. The molecule has 2 amide bonds. The van der Waals surface area contributed by atoms with Crippen LogP contribution < -0.4 is 22.5 Å². The molecule has 4 aromatic heterocycles. The largest absolute Gasteiger partial charge is 0.395 e. The number of rotatable bonds is 8. The molecule has 11 N–H and O–H groups in total. The van der Waals surface area contributed by atoms with E-state index in [4.69, 9.17) is 39.0 Å². The molecular weight excluding hydrogens is 692 g/mol. The molecule has 0 aliphatic rings. The van der Waals surface area contributed by atoms with Gasteiger partial charge in [0, 0.05) is 21.3 Å². The number of anilines is 1. The highest BCUT2D eigenvalue weighted by Crippen LogP contribution is 2.27. The Bertz CT molecular complexity index is 1500. The lowest BCUT2D eigenvalue weighted by Crippen LogP contribution is -2.35. The SMILES string of the molecule is C[C@@H](O)[C@@H](CO)Nc1c(C(N)=O)cnn2cc(Br)cc12.C[C@@H](O)[C@H](N)CO.NC(=O)c1cnn2cc(Br)cc2c1Cl. The van der Waals surface area contributed by atoms with Crippen molar-refractivity contribution < 1.29 is 30.0 Å². The molecule has 0 bridgehead atoms. The molecule has 0 radical (unpaired) electrons. The summed E-state index contributed by atoms with van der Waals surface area (Å²) in [6, 6.07) is 2.42. The third-order valence-electron chi connectivity index (χ3n) is 5.61. The Balaban J connectivity index is 0.000000242. The van der Waals surface area contributed by atoms with Gasteiger partial charge in [0.1, 0.15) is 0 Å². The fourth-order valence-electron chi connectivity index (χ4n) is 3.19. The van der Waals surface area contributed by atoms with Gasteiger partial charge >= 0.3 is 0 Å². The number of primary amides is 2. The Morgan fingerprint density at radius 2 is 1.41 bits per heavy atom. The summed E-state index contributed by atoms with van der Waals surface area (Å²) in [5.41, 5.74) is 17.7. The maximum Gasteiger partial charge on any atom is 0.252 e. The van der Waals surface area contributed by atoms with Gasteiger partial charge in [-0.3, -0.25) is 9.59 Å². The van der Waals surface area contributed by atoms with Crippen molar-refractivity contribution >= 4 is 72.0 Å². The quantitative estimate of drug-likeness (QED) is 0.128. The monoisotopic (exact) mass is 720 g/mol. The minimum absolute atomic E-state index is 0.155. The molecule has 0 unspecified atom stereocenters. The Morgan fingerprint density at radius 3 is 1.83 bits per heavy atom. The molecule has 0 saturated carbocycles. The second kappa shape index (κ2) is 15.4. The molecule has 4 aromatic rings. The zero-order valence-corrected chi connectivity index (χ0v) is 25.9. The number of amides is 2. The molecule has 4 rings (SSSR count). The molecule has 0 saturated heterocycles. The first-order valence-corrected chi connectivity index (χ1v) is 13.9. The number of aliphatic hydroxyl groups is 4. The van der Waals surface area contributed by atoms with Crippen molar-refractivity contribution in [2.45, 2.75) is 38.1 Å². The number of nitrogens with two attached hydrogens (primary N) is 3. The predicted molar refractivity (Wildman–Crippen MR) is 161 cm³/mol. The molecular formula is C24H31Br2ClN8O6. The third kappa shape index (κ3) is 9.08. The molecule has 14 nitrogen and oxygen atoms in total. The zero-order valence-electron chi connectivity index (χ0n) is 21.9. The van der Waals surface area contributed by atoms with Gasteiger partial charge in [0.25, 0.3) is 11.8 Å². The van der Waals surface area contributed by atoms with Crippen LogP contribution in [0.3, 0.4) is 0 Å². The fourth-order valence-corrected chi connectivity index (χ4v) is 4.29. The maximum atomic E-state index is 11.5. The van der Waals surface area contributed by atoms with Crippen LogP contribution in [-0.2, 0) is 0 Å². The molecule has 41 heavy (non-hydrogen) atoms. The Morgan fingerprint density at radius 1 is 0.927 bits per heavy atom. The van der Waals surface area contributed by atoms with Gasteiger partial charge in [-0.05, 0) is 57.8 Å². The number of hydrogen-bond acceptors (Lipinski definition) is 10. The Labute approximate surface area is 256 Å².